The second-order valence-electron chi connectivity index (χ2n) is 3.87. The van der Waals surface area contributed by atoms with Crippen LogP contribution in [0.5, 0.6) is 0 Å². The quantitative estimate of drug-likeness (QED) is 0.854. The smallest absolute Gasteiger partial charge is 0.145 e. The average molecular weight is 264 g/mol. The number of hydrogen-bond donors (Lipinski definition) is 0. The summed E-state index contributed by atoms with van der Waals surface area (Å²) in [5.74, 6) is -0.299. The Labute approximate surface area is 109 Å². The third-order valence-corrected chi connectivity index (χ3v) is 3.02. The number of hydrogen-bond acceptors (Lipinski definition) is 2. The van der Waals surface area contributed by atoms with E-state index in [-0.39, 0.29) is 5.82 Å². The molecule has 1 heterocycles. The minimum atomic E-state index is -0.299. The van der Waals surface area contributed by atoms with Crippen LogP contribution in [0.1, 0.15) is 23.7 Å². The van der Waals surface area contributed by atoms with Gasteiger partial charge in [0.25, 0.3) is 0 Å². The first-order valence-electron chi connectivity index (χ1n) is 5.55. The molecular weight excluding hydrogens is 253 g/mol. The van der Waals surface area contributed by atoms with Gasteiger partial charge in [-0.15, -0.1) is 0 Å². The number of nitriles is 1. The molecule has 0 amide bonds. The van der Waals surface area contributed by atoms with Gasteiger partial charge in [0.1, 0.15) is 22.6 Å². The molecule has 0 saturated carbocycles. The van der Waals surface area contributed by atoms with Crippen LogP contribution in [0.25, 0.3) is 0 Å². The Morgan fingerprint density at radius 1 is 1.50 bits per heavy atom. The number of benzene rings is 1. The monoisotopic (exact) mass is 263 g/mol. The summed E-state index contributed by atoms with van der Waals surface area (Å²) in [7, 11) is 0. The second-order valence-corrected chi connectivity index (χ2v) is 4.22. The van der Waals surface area contributed by atoms with E-state index in [9.17, 15) is 4.39 Å². The van der Waals surface area contributed by atoms with E-state index in [0.29, 0.717) is 29.4 Å². The Hall–Kier alpha value is -1.86. The largest absolute Gasteiger partial charge is 0.248 e. The standard InChI is InChI=1S/C13H11ClFN3/c1-2-12-11(7-16)13(14)18(17-12)8-9-4-3-5-10(15)6-9/h3-6H,2,8H2,1H3. The predicted octanol–water partition coefficient (Wildman–Crippen LogP) is 3.16. The van der Waals surface area contributed by atoms with E-state index in [1.54, 1.807) is 12.1 Å². The average Bonchev–Trinajstić information content (AvgIpc) is 2.66. The Bertz CT molecular complexity index is 613. The van der Waals surface area contributed by atoms with Gasteiger partial charge in [-0.1, -0.05) is 30.7 Å². The maximum Gasteiger partial charge on any atom is 0.145 e. The van der Waals surface area contributed by atoms with Crippen molar-refractivity contribution in [1.29, 1.82) is 5.26 Å². The highest BCUT2D eigenvalue weighted by Gasteiger charge is 2.14. The van der Waals surface area contributed by atoms with E-state index < -0.39 is 0 Å². The van der Waals surface area contributed by atoms with Crippen molar-refractivity contribution in [3.8, 4) is 6.07 Å². The maximum atomic E-state index is 13.1. The van der Waals surface area contributed by atoms with Crippen molar-refractivity contribution < 1.29 is 4.39 Å². The van der Waals surface area contributed by atoms with E-state index in [4.69, 9.17) is 16.9 Å². The Morgan fingerprint density at radius 3 is 2.83 bits per heavy atom. The van der Waals surface area contributed by atoms with Gasteiger partial charge in [0.05, 0.1) is 12.2 Å². The first kappa shape index (κ1) is 12.6. The predicted molar refractivity (Wildman–Crippen MR) is 66.8 cm³/mol. The van der Waals surface area contributed by atoms with Gasteiger partial charge in [-0.2, -0.15) is 10.4 Å². The summed E-state index contributed by atoms with van der Waals surface area (Å²) >= 11 is 6.08. The van der Waals surface area contributed by atoms with Crippen molar-refractivity contribution in [2.75, 3.05) is 0 Å². The zero-order valence-corrected chi connectivity index (χ0v) is 10.6. The lowest BCUT2D eigenvalue weighted by Gasteiger charge is -2.03. The highest BCUT2D eigenvalue weighted by Crippen LogP contribution is 2.20. The van der Waals surface area contributed by atoms with Crippen molar-refractivity contribution in [1.82, 2.24) is 9.78 Å². The van der Waals surface area contributed by atoms with Crippen molar-refractivity contribution in [3.05, 3.63) is 52.1 Å². The molecule has 2 aromatic rings. The number of aromatic nitrogens is 2. The number of halogens is 2. The minimum absolute atomic E-state index is 0.299. The molecule has 0 N–H and O–H groups in total. The number of rotatable bonds is 3. The van der Waals surface area contributed by atoms with Gasteiger partial charge >= 0.3 is 0 Å². The van der Waals surface area contributed by atoms with E-state index in [1.807, 2.05) is 13.0 Å². The molecule has 0 saturated heterocycles. The minimum Gasteiger partial charge on any atom is -0.248 e. The van der Waals surface area contributed by atoms with Gasteiger partial charge in [-0.3, -0.25) is 0 Å². The summed E-state index contributed by atoms with van der Waals surface area (Å²) in [6.45, 7) is 2.26. The lowest BCUT2D eigenvalue weighted by Crippen LogP contribution is -2.02. The third-order valence-electron chi connectivity index (χ3n) is 2.63. The van der Waals surface area contributed by atoms with Crippen LogP contribution in [0.4, 0.5) is 4.39 Å². The fraction of sp³-hybridized carbons (Fsp3) is 0.231. The molecule has 18 heavy (non-hydrogen) atoms. The Morgan fingerprint density at radius 2 is 2.28 bits per heavy atom. The first-order chi connectivity index (χ1) is 8.65. The Kier molecular flexibility index (Phi) is 3.63. The fourth-order valence-corrected chi connectivity index (χ4v) is 2.01. The summed E-state index contributed by atoms with van der Waals surface area (Å²) < 4.78 is 14.6. The highest BCUT2D eigenvalue weighted by molar-refractivity contribution is 6.30. The molecule has 0 spiro atoms. The molecule has 1 aromatic heterocycles. The molecule has 0 aliphatic rings. The molecule has 92 valence electrons. The second kappa shape index (κ2) is 5.19. The molecule has 3 nitrogen and oxygen atoms in total. The highest BCUT2D eigenvalue weighted by atomic mass is 35.5. The summed E-state index contributed by atoms with van der Waals surface area (Å²) in [4.78, 5) is 0. The molecule has 0 aliphatic carbocycles. The molecule has 0 fully saturated rings. The molecule has 0 aliphatic heterocycles. The van der Waals surface area contributed by atoms with Crippen molar-refractivity contribution in [2.45, 2.75) is 19.9 Å². The van der Waals surface area contributed by atoms with Crippen LogP contribution in [-0.2, 0) is 13.0 Å². The lowest BCUT2D eigenvalue weighted by molar-refractivity contribution is 0.618. The van der Waals surface area contributed by atoms with Gasteiger partial charge < -0.3 is 0 Å². The number of nitrogens with zero attached hydrogens (tertiary/aromatic N) is 3. The van der Waals surface area contributed by atoms with E-state index in [2.05, 4.69) is 5.10 Å². The summed E-state index contributed by atoms with van der Waals surface area (Å²) in [6.07, 6.45) is 0.638. The van der Waals surface area contributed by atoms with Gasteiger partial charge in [0.2, 0.25) is 0 Å². The van der Waals surface area contributed by atoms with Crippen molar-refractivity contribution in [3.63, 3.8) is 0 Å². The molecular formula is C13H11ClFN3. The van der Waals surface area contributed by atoms with Crippen LogP contribution in [0.2, 0.25) is 5.15 Å². The van der Waals surface area contributed by atoms with Crippen LogP contribution >= 0.6 is 11.6 Å². The maximum absolute atomic E-state index is 13.1. The molecule has 5 heteroatoms. The fourth-order valence-electron chi connectivity index (χ4n) is 1.76. The number of aryl methyl sites for hydroxylation is 1. The van der Waals surface area contributed by atoms with E-state index in [0.717, 1.165) is 5.56 Å². The SMILES string of the molecule is CCc1nn(Cc2cccc(F)c2)c(Cl)c1C#N. The van der Waals surface area contributed by atoms with Gasteiger partial charge in [0, 0.05) is 0 Å². The van der Waals surface area contributed by atoms with Crippen molar-refractivity contribution in [2.24, 2.45) is 0 Å². The van der Waals surface area contributed by atoms with Gasteiger partial charge in [-0.25, -0.2) is 9.07 Å². The molecule has 0 radical (unpaired) electrons. The van der Waals surface area contributed by atoms with Crippen molar-refractivity contribution >= 4 is 11.6 Å². The summed E-state index contributed by atoms with van der Waals surface area (Å²) in [5, 5.41) is 13.6. The third kappa shape index (κ3) is 2.36. The van der Waals surface area contributed by atoms with Gasteiger partial charge in [0.15, 0.2) is 0 Å². The van der Waals surface area contributed by atoms with E-state index in [1.165, 1.54) is 16.8 Å². The van der Waals surface area contributed by atoms with Crippen LogP contribution in [0.3, 0.4) is 0 Å². The topological polar surface area (TPSA) is 41.6 Å². The molecule has 0 unspecified atom stereocenters. The normalized spacial score (nSPS) is 10.3. The molecule has 1 aromatic carbocycles. The zero-order valence-electron chi connectivity index (χ0n) is 9.82. The Balaban J connectivity index is 2.36. The van der Waals surface area contributed by atoms with Crippen LogP contribution in [0, 0.1) is 17.1 Å². The van der Waals surface area contributed by atoms with Gasteiger partial charge in [-0.05, 0) is 24.1 Å². The van der Waals surface area contributed by atoms with Crippen LogP contribution in [0.15, 0.2) is 24.3 Å². The van der Waals surface area contributed by atoms with Crippen LogP contribution in [-0.4, -0.2) is 9.78 Å². The molecule has 0 atom stereocenters. The first-order valence-corrected chi connectivity index (χ1v) is 5.93. The summed E-state index contributed by atoms with van der Waals surface area (Å²) in [5.41, 5.74) is 1.82. The molecule has 0 bridgehead atoms. The lowest BCUT2D eigenvalue weighted by atomic mass is 10.2. The van der Waals surface area contributed by atoms with E-state index >= 15 is 0 Å². The zero-order chi connectivity index (χ0) is 13.1. The summed E-state index contributed by atoms with van der Waals surface area (Å²) in [6, 6.07) is 8.27. The molecule has 2 rings (SSSR count). The van der Waals surface area contributed by atoms with Crippen LogP contribution < -0.4 is 0 Å².